The molecule has 1 fully saturated rings. The number of aromatic nitrogens is 2. The number of carbonyl (C=O) groups is 1. The molecule has 2 aromatic carbocycles. The number of benzene rings is 2. The molecule has 0 unspecified atom stereocenters. The Morgan fingerprint density at radius 2 is 1.88 bits per heavy atom. The van der Waals surface area contributed by atoms with Crippen LogP contribution < -0.4 is 26.0 Å². The zero-order valence-electron chi connectivity index (χ0n) is 18.8. The van der Waals surface area contributed by atoms with E-state index < -0.39 is 5.91 Å². The van der Waals surface area contributed by atoms with E-state index in [4.69, 9.17) is 15.2 Å². The Hall–Kier alpha value is -4.24. The summed E-state index contributed by atoms with van der Waals surface area (Å²) in [5.41, 5.74) is 10.1. The minimum atomic E-state index is -0.493. The molecule has 5 rings (SSSR count). The highest BCUT2D eigenvalue weighted by Gasteiger charge is 2.15. The molecule has 34 heavy (non-hydrogen) atoms. The zero-order chi connectivity index (χ0) is 23.5. The topological polar surface area (TPSA) is 118 Å². The first-order valence-corrected chi connectivity index (χ1v) is 11.0. The number of hydrogen-bond donors (Lipinski definition) is 4. The predicted octanol–water partition coefficient (Wildman–Crippen LogP) is 3.99. The van der Waals surface area contributed by atoms with E-state index in [1.54, 1.807) is 31.6 Å². The number of para-hydroxylation sites is 1. The minimum Gasteiger partial charge on any atom is -0.494 e. The number of pyridine rings is 1. The fraction of sp³-hybridized carbons (Fsp3) is 0.200. The van der Waals surface area contributed by atoms with Gasteiger partial charge in [0.1, 0.15) is 11.6 Å². The Morgan fingerprint density at radius 3 is 2.68 bits per heavy atom. The maximum absolute atomic E-state index is 11.8. The molecular weight excluding hydrogens is 432 g/mol. The summed E-state index contributed by atoms with van der Waals surface area (Å²) in [6.07, 6.45) is 3.47. The lowest BCUT2D eigenvalue weighted by molar-refractivity contribution is 0.100. The average Bonchev–Trinajstić information content (AvgIpc) is 3.28. The molecule has 0 bridgehead atoms. The number of ether oxygens (including phenoxy) is 2. The summed E-state index contributed by atoms with van der Waals surface area (Å²) in [6.45, 7) is 3.18. The molecule has 2 aromatic heterocycles. The lowest BCUT2D eigenvalue weighted by Crippen LogP contribution is -2.36. The third-order valence-corrected chi connectivity index (χ3v) is 5.84. The Balaban J connectivity index is 1.42. The highest BCUT2D eigenvalue weighted by Crippen LogP contribution is 2.34. The average molecular weight is 459 g/mol. The molecule has 174 valence electrons. The van der Waals surface area contributed by atoms with E-state index in [2.05, 4.69) is 31.6 Å². The van der Waals surface area contributed by atoms with Crippen molar-refractivity contribution >= 4 is 45.4 Å². The van der Waals surface area contributed by atoms with E-state index in [1.165, 1.54) is 0 Å². The molecule has 0 saturated carbocycles. The van der Waals surface area contributed by atoms with E-state index >= 15 is 0 Å². The summed E-state index contributed by atoms with van der Waals surface area (Å²) in [6, 6.07) is 15.2. The third kappa shape index (κ3) is 4.33. The first kappa shape index (κ1) is 21.6. The molecule has 0 spiro atoms. The largest absolute Gasteiger partial charge is 0.494 e. The fourth-order valence-electron chi connectivity index (χ4n) is 4.12. The number of nitrogens with zero attached hydrogens (tertiary/aromatic N) is 2. The van der Waals surface area contributed by atoms with Gasteiger partial charge in [-0.15, -0.1) is 0 Å². The summed E-state index contributed by atoms with van der Waals surface area (Å²) in [4.78, 5) is 21.8. The normalized spacial score (nSPS) is 13.6. The molecule has 3 heterocycles. The number of amides is 1. The Kier molecular flexibility index (Phi) is 5.92. The van der Waals surface area contributed by atoms with Crippen molar-refractivity contribution < 1.29 is 14.3 Å². The summed E-state index contributed by atoms with van der Waals surface area (Å²) in [5.74, 6) is 1.04. The number of carbonyl (C=O) groups excluding carboxylic acids is 1. The van der Waals surface area contributed by atoms with Crippen LogP contribution in [0.1, 0.15) is 10.4 Å². The van der Waals surface area contributed by atoms with E-state index in [9.17, 15) is 4.79 Å². The van der Waals surface area contributed by atoms with Gasteiger partial charge >= 0.3 is 0 Å². The lowest BCUT2D eigenvalue weighted by atomic mass is 10.1. The number of morpholine rings is 1. The molecule has 1 aliphatic heterocycles. The first-order valence-electron chi connectivity index (χ1n) is 11.0. The van der Waals surface area contributed by atoms with Gasteiger partial charge in [0.15, 0.2) is 0 Å². The SMILES string of the molecule is COc1cc(N2CCOCC2)ccc1Nc1cc2c(Nc3ccccc3C(N)=O)cncc2[nH]1. The maximum Gasteiger partial charge on any atom is 0.250 e. The molecule has 1 amide bonds. The van der Waals surface area contributed by atoms with Gasteiger partial charge in [0.2, 0.25) is 0 Å². The van der Waals surface area contributed by atoms with Gasteiger partial charge in [-0.2, -0.15) is 0 Å². The van der Waals surface area contributed by atoms with Gasteiger partial charge in [0, 0.05) is 30.2 Å². The molecule has 1 saturated heterocycles. The van der Waals surface area contributed by atoms with E-state index in [1.807, 2.05) is 30.3 Å². The quantitative estimate of drug-likeness (QED) is 0.331. The van der Waals surface area contributed by atoms with Crippen molar-refractivity contribution in [1.29, 1.82) is 0 Å². The maximum atomic E-state index is 11.8. The monoisotopic (exact) mass is 458 g/mol. The Bertz CT molecular complexity index is 1330. The number of fused-ring (bicyclic) bond motifs is 1. The van der Waals surface area contributed by atoms with Crippen molar-refractivity contribution in [3.05, 3.63) is 66.5 Å². The molecule has 4 aromatic rings. The van der Waals surface area contributed by atoms with Crippen LogP contribution in [0.5, 0.6) is 5.75 Å². The van der Waals surface area contributed by atoms with Crippen LogP contribution in [0.15, 0.2) is 60.9 Å². The van der Waals surface area contributed by atoms with Gasteiger partial charge in [0.05, 0.1) is 60.9 Å². The molecule has 0 radical (unpaired) electrons. The summed E-state index contributed by atoms with van der Waals surface area (Å²) >= 11 is 0. The second-order valence-electron chi connectivity index (χ2n) is 7.98. The molecule has 9 heteroatoms. The van der Waals surface area contributed by atoms with Crippen molar-refractivity contribution in [3.63, 3.8) is 0 Å². The number of nitrogens with one attached hydrogen (secondary N) is 3. The molecule has 0 aliphatic carbocycles. The van der Waals surface area contributed by atoms with Gasteiger partial charge in [-0.25, -0.2) is 0 Å². The van der Waals surface area contributed by atoms with Gasteiger partial charge in [0.25, 0.3) is 5.91 Å². The van der Waals surface area contributed by atoms with Crippen molar-refractivity contribution in [2.45, 2.75) is 0 Å². The molecule has 9 nitrogen and oxygen atoms in total. The summed E-state index contributed by atoms with van der Waals surface area (Å²) < 4.78 is 11.1. The molecule has 5 N–H and O–H groups in total. The Labute approximate surface area is 196 Å². The minimum absolute atomic E-state index is 0.415. The number of primary amides is 1. The van der Waals surface area contributed by atoms with Crippen LogP contribution in [0.3, 0.4) is 0 Å². The van der Waals surface area contributed by atoms with Crippen molar-refractivity contribution in [3.8, 4) is 5.75 Å². The van der Waals surface area contributed by atoms with Gasteiger partial charge in [-0.3, -0.25) is 9.78 Å². The number of H-pyrrole nitrogens is 1. The van der Waals surface area contributed by atoms with Gasteiger partial charge in [-0.1, -0.05) is 12.1 Å². The number of hydrogen-bond acceptors (Lipinski definition) is 7. The second kappa shape index (κ2) is 9.32. The number of rotatable bonds is 7. The van der Waals surface area contributed by atoms with Gasteiger partial charge in [-0.05, 0) is 30.3 Å². The standard InChI is InChI=1S/C25H26N6O3/c1-33-23-12-16(31-8-10-34-11-9-31)6-7-20(23)29-24-13-18-21(14-27-15-22(18)30-24)28-19-5-3-2-4-17(19)25(26)32/h2-7,12-15,28-30H,8-11H2,1H3,(H2,26,32). The molecular formula is C25H26N6O3. The van der Waals surface area contributed by atoms with Gasteiger partial charge < -0.3 is 35.7 Å². The van der Waals surface area contributed by atoms with Crippen LogP contribution in [-0.2, 0) is 4.74 Å². The van der Waals surface area contributed by atoms with Crippen molar-refractivity contribution in [2.75, 3.05) is 48.9 Å². The van der Waals surface area contributed by atoms with E-state index in [0.717, 1.165) is 65.8 Å². The number of aromatic amines is 1. The lowest BCUT2D eigenvalue weighted by Gasteiger charge is -2.29. The fourth-order valence-corrected chi connectivity index (χ4v) is 4.12. The zero-order valence-corrected chi connectivity index (χ0v) is 18.8. The summed E-state index contributed by atoms with van der Waals surface area (Å²) in [5, 5.41) is 7.62. The number of anilines is 5. The number of methoxy groups -OCH3 is 1. The second-order valence-corrected chi connectivity index (χ2v) is 7.98. The van der Waals surface area contributed by atoms with Crippen LogP contribution in [0.25, 0.3) is 10.9 Å². The smallest absolute Gasteiger partial charge is 0.250 e. The Morgan fingerprint density at radius 1 is 1.06 bits per heavy atom. The van der Waals surface area contributed by atoms with Crippen molar-refractivity contribution in [1.82, 2.24) is 9.97 Å². The van der Waals surface area contributed by atoms with Crippen LogP contribution in [0.4, 0.5) is 28.6 Å². The number of nitrogens with two attached hydrogens (primary N) is 1. The van der Waals surface area contributed by atoms with Crippen LogP contribution >= 0.6 is 0 Å². The van der Waals surface area contributed by atoms with Crippen molar-refractivity contribution in [2.24, 2.45) is 5.73 Å². The van der Waals surface area contributed by atoms with Crippen LogP contribution in [-0.4, -0.2) is 49.3 Å². The molecule has 1 aliphatic rings. The van der Waals surface area contributed by atoms with Crippen LogP contribution in [0.2, 0.25) is 0 Å². The first-order chi connectivity index (χ1) is 16.6. The predicted molar refractivity (Wildman–Crippen MR) is 134 cm³/mol. The van der Waals surface area contributed by atoms with E-state index in [0.29, 0.717) is 11.3 Å². The van der Waals surface area contributed by atoms with Crippen LogP contribution in [0, 0.1) is 0 Å². The van der Waals surface area contributed by atoms with E-state index in [-0.39, 0.29) is 0 Å². The highest BCUT2D eigenvalue weighted by molar-refractivity contribution is 6.01. The summed E-state index contributed by atoms with van der Waals surface area (Å²) in [7, 11) is 1.66. The highest BCUT2D eigenvalue weighted by atomic mass is 16.5. The molecule has 0 atom stereocenters. The third-order valence-electron chi connectivity index (χ3n) is 5.84.